The molecule has 108 valence electrons. The summed E-state index contributed by atoms with van der Waals surface area (Å²) in [6, 6.07) is 11.7. The maximum Gasteiger partial charge on any atom is 0.148 e. The minimum absolute atomic E-state index is 0.250. The Bertz CT molecular complexity index is 659. The summed E-state index contributed by atoms with van der Waals surface area (Å²) in [4.78, 5) is 0. The molecule has 2 rings (SSSR count). The smallest absolute Gasteiger partial charge is 0.148 e. The lowest BCUT2D eigenvalue weighted by atomic mass is 10.1. The molecule has 1 N–H and O–H groups in total. The third-order valence-electron chi connectivity index (χ3n) is 3.01. The lowest BCUT2D eigenvalue weighted by Gasteiger charge is -2.14. The molecule has 0 aliphatic carbocycles. The number of benzene rings is 2. The zero-order chi connectivity index (χ0) is 15.2. The Hall–Kier alpha value is -1.63. The molecule has 0 bridgehead atoms. The number of aryl methyl sites for hydroxylation is 1. The van der Waals surface area contributed by atoms with Gasteiger partial charge in [-0.2, -0.15) is 0 Å². The predicted molar refractivity (Wildman–Crippen MR) is 92.0 cm³/mol. The zero-order valence-electron chi connectivity index (χ0n) is 11.6. The summed E-state index contributed by atoms with van der Waals surface area (Å²) in [6.07, 6.45) is 5.24. The van der Waals surface area contributed by atoms with Gasteiger partial charge < -0.3 is 10.1 Å². The Labute approximate surface area is 138 Å². The van der Waals surface area contributed by atoms with E-state index >= 15 is 0 Å². The first-order valence-electron chi connectivity index (χ1n) is 6.45. The van der Waals surface area contributed by atoms with Gasteiger partial charge in [0.2, 0.25) is 0 Å². The quantitative estimate of drug-likeness (QED) is 0.751. The van der Waals surface area contributed by atoms with E-state index in [1.807, 2.05) is 43.3 Å². The van der Waals surface area contributed by atoms with E-state index in [2.05, 4.69) is 27.2 Å². The van der Waals surface area contributed by atoms with Crippen LogP contribution in [0, 0.1) is 19.3 Å². The van der Waals surface area contributed by atoms with Crippen LogP contribution < -0.4 is 10.1 Å². The van der Waals surface area contributed by atoms with Gasteiger partial charge in [-0.3, -0.25) is 0 Å². The lowest BCUT2D eigenvalue weighted by Crippen LogP contribution is -2.05. The minimum atomic E-state index is 0.250. The standard InChI is InChI=1S/C17H15BrClNO/c1-3-9-21-16-8-7-14(18)10-13(16)11-20-17-12(2)5-4-6-15(17)19/h1,4-8,10,20H,9,11H2,2H3. The number of para-hydroxylation sites is 1. The first-order valence-corrected chi connectivity index (χ1v) is 7.62. The van der Waals surface area contributed by atoms with Crippen LogP contribution in [0.5, 0.6) is 5.75 Å². The topological polar surface area (TPSA) is 21.3 Å². The SMILES string of the molecule is C#CCOc1ccc(Br)cc1CNc1c(C)cccc1Cl. The summed E-state index contributed by atoms with van der Waals surface area (Å²) in [5.74, 6) is 3.25. The van der Waals surface area contributed by atoms with Gasteiger partial charge in [0, 0.05) is 16.6 Å². The molecule has 0 radical (unpaired) electrons. The number of terminal acetylenes is 1. The highest BCUT2D eigenvalue weighted by Crippen LogP contribution is 2.28. The van der Waals surface area contributed by atoms with Gasteiger partial charge in [0.25, 0.3) is 0 Å². The summed E-state index contributed by atoms with van der Waals surface area (Å²) in [5.41, 5.74) is 3.05. The first kappa shape index (κ1) is 15.8. The van der Waals surface area contributed by atoms with E-state index in [1.54, 1.807) is 0 Å². The van der Waals surface area contributed by atoms with E-state index in [4.69, 9.17) is 22.8 Å². The van der Waals surface area contributed by atoms with E-state index in [0.29, 0.717) is 11.6 Å². The van der Waals surface area contributed by atoms with E-state index in [-0.39, 0.29) is 6.61 Å². The average molecular weight is 365 g/mol. The normalized spacial score (nSPS) is 10.0. The Balaban J connectivity index is 2.19. The Morgan fingerprint density at radius 3 is 2.86 bits per heavy atom. The van der Waals surface area contributed by atoms with Crippen molar-refractivity contribution in [3.8, 4) is 18.1 Å². The van der Waals surface area contributed by atoms with E-state index in [9.17, 15) is 0 Å². The van der Waals surface area contributed by atoms with Gasteiger partial charge in [-0.25, -0.2) is 0 Å². The Kier molecular flexibility index (Phi) is 5.55. The molecule has 2 nitrogen and oxygen atoms in total. The molecule has 2 aromatic carbocycles. The van der Waals surface area contributed by atoms with Crippen molar-refractivity contribution in [1.82, 2.24) is 0 Å². The number of ether oxygens (including phenoxy) is 1. The molecule has 2 aromatic rings. The van der Waals surface area contributed by atoms with Gasteiger partial charge in [-0.15, -0.1) is 6.42 Å². The molecule has 21 heavy (non-hydrogen) atoms. The average Bonchev–Trinajstić information content (AvgIpc) is 2.46. The van der Waals surface area contributed by atoms with Crippen LogP contribution in [0.15, 0.2) is 40.9 Å². The van der Waals surface area contributed by atoms with Crippen LogP contribution in [-0.2, 0) is 6.54 Å². The largest absolute Gasteiger partial charge is 0.481 e. The van der Waals surface area contributed by atoms with Crippen molar-refractivity contribution in [1.29, 1.82) is 0 Å². The van der Waals surface area contributed by atoms with Gasteiger partial charge >= 0.3 is 0 Å². The minimum Gasteiger partial charge on any atom is -0.481 e. The van der Waals surface area contributed by atoms with Crippen molar-refractivity contribution in [3.05, 3.63) is 57.0 Å². The zero-order valence-corrected chi connectivity index (χ0v) is 14.0. The van der Waals surface area contributed by atoms with Crippen molar-refractivity contribution < 1.29 is 4.74 Å². The maximum atomic E-state index is 6.22. The predicted octanol–water partition coefficient (Wildman–Crippen LogP) is 5.04. The number of hydrogen-bond acceptors (Lipinski definition) is 2. The molecular weight excluding hydrogens is 350 g/mol. The molecular formula is C17H15BrClNO. The van der Waals surface area contributed by atoms with Crippen molar-refractivity contribution >= 4 is 33.2 Å². The molecule has 0 fully saturated rings. The van der Waals surface area contributed by atoms with Gasteiger partial charge in [-0.1, -0.05) is 45.6 Å². The maximum absolute atomic E-state index is 6.22. The number of anilines is 1. The van der Waals surface area contributed by atoms with Gasteiger partial charge in [0.1, 0.15) is 12.4 Å². The first-order chi connectivity index (χ1) is 10.1. The molecule has 0 aromatic heterocycles. The van der Waals surface area contributed by atoms with Crippen molar-refractivity contribution in [2.45, 2.75) is 13.5 Å². The van der Waals surface area contributed by atoms with E-state index < -0.39 is 0 Å². The fourth-order valence-electron chi connectivity index (χ4n) is 1.99. The molecule has 0 unspecified atom stereocenters. The highest BCUT2D eigenvalue weighted by Gasteiger charge is 2.07. The van der Waals surface area contributed by atoms with Crippen molar-refractivity contribution in [2.24, 2.45) is 0 Å². The molecule has 0 aliphatic rings. The summed E-state index contributed by atoms with van der Waals surface area (Å²) >= 11 is 9.69. The third-order valence-corrected chi connectivity index (χ3v) is 3.82. The second kappa shape index (κ2) is 7.40. The molecule has 0 amide bonds. The fourth-order valence-corrected chi connectivity index (χ4v) is 2.68. The fraction of sp³-hybridized carbons (Fsp3) is 0.176. The van der Waals surface area contributed by atoms with Crippen LogP contribution in [0.3, 0.4) is 0 Å². The van der Waals surface area contributed by atoms with E-state index in [0.717, 1.165) is 27.0 Å². The molecule has 0 saturated heterocycles. The van der Waals surface area contributed by atoms with E-state index in [1.165, 1.54) is 0 Å². The molecule has 0 aliphatic heterocycles. The van der Waals surface area contributed by atoms with Crippen LogP contribution in [0.2, 0.25) is 5.02 Å². The third kappa shape index (κ3) is 4.17. The molecule has 0 spiro atoms. The monoisotopic (exact) mass is 363 g/mol. The van der Waals surface area contributed by atoms with Gasteiger partial charge in [-0.05, 0) is 36.8 Å². The number of halogens is 2. The summed E-state index contributed by atoms with van der Waals surface area (Å²) in [7, 11) is 0. The van der Waals surface area contributed by atoms with Crippen molar-refractivity contribution in [2.75, 3.05) is 11.9 Å². The van der Waals surface area contributed by atoms with Gasteiger partial charge in [0.05, 0.1) is 10.7 Å². The second-order valence-corrected chi connectivity index (χ2v) is 5.85. The molecule has 0 saturated carbocycles. The Morgan fingerprint density at radius 2 is 2.14 bits per heavy atom. The highest BCUT2D eigenvalue weighted by atomic mass is 79.9. The highest BCUT2D eigenvalue weighted by molar-refractivity contribution is 9.10. The van der Waals surface area contributed by atoms with Crippen LogP contribution >= 0.6 is 27.5 Å². The second-order valence-electron chi connectivity index (χ2n) is 4.53. The molecule has 0 atom stereocenters. The Morgan fingerprint density at radius 1 is 1.33 bits per heavy atom. The number of rotatable bonds is 5. The lowest BCUT2D eigenvalue weighted by molar-refractivity contribution is 0.366. The summed E-state index contributed by atoms with van der Waals surface area (Å²) < 4.78 is 6.55. The van der Waals surface area contributed by atoms with Crippen LogP contribution in [0.4, 0.5) is 5.69 Å². The summed E-state index contributed by atoms with van der Waals surface area (Å²) in [6.45, 7) is 2.87. The number of nitrogens with one attached hydrogen (secondary N) is 1. The van der Waals surface area contributed by atoms with Crippen LogP contribution in [-0.4, -0.2) is 6.61 Å². The van der Waals surface area contributed by atoms with Crippen LogP contribution in [0.25, 0.3) is 0 Å². The summed E-state index contributed by atoms with van der Waals surface area (Å²) in [5, 5.41) is 4.06. The van der Waals surface area contributed by atoms with Gasteiger partial charge in [0.15, 0.2) is 0 Å². The number of hydrogen-bond donors (Lipinski definition) is 1. The van der Waals surface area contributed by atoms with Crippen molar-refractivity contribution in [3.63, 3.8) is 0 Å². The van der Waals surface area contributed by atoms with Crippen LogP contribution in [0.1, 0.15) is 11.1 Å². The molecule has 0 heterocycles. The molecule has 4 heteroatoms.